The molecule has 2 N–H and O–H groups in total. The van der Waals surface area contributed by atoms with Gasteiger partial charge < -0.3 is 15.3 Å². The van der Waals surface area contributed by atoms with Crippen LogP contribution in [0.5, 0.6) is 0 Å². The van der Waals surface area contributed by atoms with E-state index in [4.69, 9.17) is 0 Å². The van der Waals surface area contributed by atoms with Gasteiger partial charge in [-0.05, 0) is 25.0 Å². The van der Waals surface area contributed by atoms with Gasteiger partial charge in [0.2, 0.25) is 0 Å². The van der Waals surface area contributed by atoms with Crippen molar-refractivity contribution < 1.29 is 5.11 Å². The van der Waals surface area contributed by atoms with Gasteiger partial charge in [-0.15, -0.1) is 0 Å². The second-order valence-corrected chi connectivity index (χ2v) is 4.94. The van der Waals surface area contributed by atoms with E-state index in [1.165, 1.54) is 11.4 Å². The summed E-state index contributed by atoms with van der Waals surface area (Å²) in [7, 11) is 2.10. The molecule has 1 unspecified atom stereocenters. The number of β-amino-alcohol motifs (C(OH)–C–C–N with tert-alkyl or cyclic N) is 1. The van der Waals surface area contributed by atoms with Crippen LogP contribution in [0.2, 0.25) is 0 Å². The van der Waals surface area contributed by atoms with Gasteiger partial charge in [-0.25, -0.2) is 0 Å². The average molecular weight is 233 g/mol. The van der Waals surface area contributed by atoms with Gasteiger partial charge in [0.05, 0.1) is 17.5 Å². The number of aliphatic hydroxyl groups is 1. The van der Waals surface area contributed by atoms with Crippen molar-refractivity contribution in [3.8, 4) is 0 Å². The Labute approximate surface area is 102 Å². The first-order valence-corrected chi connectivity index (χ1v) is 6.26. The topological polar surface area (TPSA) is 38.7 Å². The van der Waals surface area contributed by atoms with Crippen molar-refractivity contribution in [2.75, 3.05) is 30.4 Å². The number of hydrogen-bond donors (Lipinski definition) is 2. The summed E-state index contributed by atoms with van der Waals surface area (Å²) in [6, 6.07) is 8.34. The highest BCUT2D eigenvalue weighted by Gasteiger charge is 2.32. The molecule has 2 aliphatic heterocycles. The van der Waals surface area contributed by atoms with E-state index in [-0.39, 0.29) is 12.4 Å². The van der Waals surface area contributed by atoms with Crippen molar-refractivity contribution in [3.63, 3.8) is 0 Å². The molecule has 1 aromatic carbocycles. The van der Waals surface area contributed by atoms with Crippen molar-refractivity contribution in [3.05, 3.63) is 24.3 Å². The molecule has 4 heteroatoms. The second-order valence-electron chi connectivity index (χ2n) is 4.94. The molecule has 0 aromatic heterocycles. The number of benzene rings is 1. The Balaban J connectivity index is 1.79. The minimum atomic E-state index is -0.178. The Kier molecular flexibility index (Phi) is 2.68. The number of nitrogens with one attached hydrogen (secondary N) is 1. The maximum atomic E-state index is 9.76. The zero-order valence-corrected chi connectivity index (χ0v) is 10.1. The summed E-state index contributed by atoms with van der Waals surface area (Å²) in [5.74, 6) is 0. The molecule has 3 rings (SSSR count). The summed E-state index contributed by atoms with van der Waals surface area (Å²) in [5.41, 5.74) is 2.41. The third kappa shape index (κ3) is 1.87. The number of anilines is 2. The maximum absolute atomic E-state index is 9.76. The summed E-state index contributed by atoms with van der Waals surface area (Å²) in [5, 5.41) is 13.3. The molecule has 1 saturated heterocycles. The number of fused-ring (bicyclic) bond motifs is 1. The third-order valence-electron chi connectivity index (χ3n) is 3.71. The van der Waals surface area contributed by atoms with Crippen LogP contribution in [0.25, 0.3) is 0 Å². The van der Waals surface area contributed by atoms with Gasteiger partial charge in [-0.2, -0.15) is 0 Å². The largest absolute Gasteiger partial charge is 0.392 e. The summed E-state index contributed by atoms with van der Waals surface area (Å²) in [6.45, 7) is 1.81. The molecule has 2 atom stereocenters. The van der Waals surface area contributed by atoms with Crippen LogP contribution in [0, 0.1) is 0 Å². The van der Waals surface area contributed by atoms with Gasteiger partial charge in [-0.1, -0.05) is 12.1 Å². The van der Waals surface area contributed by atoms with E-state index in [9.17, 15) is 5.11 Å². The SMILES string of the molecule is CN1c2ccccc2NC1N1CCC[C@H](O)C1. The second kappa shape index (κ2) is 4.20. The summed E-state index contributed by atoms with van der Waals surface area (Å²) in [6.07, 6.45) is 2.01. The summed E-state index contributed by atoms with van der Waals surface area (Å²) in [4.78, 5) is 4.56. The molecule has 4 nitrogen and oxygen atoms in total. The highest BCUT2D eigenvalue weighted by Crippen LogP contribution is 2.34. The number of piperidine rings is 1. The van der Waals surface area contributed by atoms with Gasteiger partial charge in [0.1, 0.15) is 0 Å². The van der Waals surface area contributed by atoms with Crippen LogP contribution in [-0.4, -0.2) is 42.5 Å². The summed E-state index contributed by atoms with van der Waals surface area (Å²) < 4.78 is 0. The monoisotopic (exact) mass is 233 g/mol. The maximum Gasteiger partial charge on any atom is 0.158 e. The first kappa shape index (κ1) is 10.9. The standard InChI is InChI=1S/C13H19N3O/c1-15-12-7-3-2-6-11(12)14-13(15)16-8-4-5-10(17)9-16/h2-3,6-7,10,13-14,17H,4-5,8-9H2,1H3/t10-,13?/m0/s1. The molecule has 2 aliphatic rings. The number of rotatable bonds is 1. The van der Waals surface area contributed by atoms with Crippen LogP contribution in [-0.2, 0) is 0 Å². The van der Waals surface area contributed by atoms with Gasteiger partial charge >= 0.3 is 0 Å². The Morgan fingerprint density at radius 1 is 1.35 bits per heavy atom. The highest BCUT2D eigenvalue weighted by molar-refractivity contribution is 5.75. The van der Waals surface area contributed by atoms with Crippen LogP contribution < -0.4 is 10.2 Å². The van der Waals surface area contributed by atoms with E-state index in [0.29, 0.717) is 0 Å². The first-order chi connectivity index (χ1) is 8.25. The number of hydrogen-bond acceptors (Lipinski definition) is 4. The fourth-order valence-electron chi connectivity index (χ4n) is 2.81. The molecular formula is C13H19N3O. The molecule has 0 amide bonds. The van der Waals surface area contributed by atoms with E-state index < -0.39 is 0 Å². The molecule has 0 radical (unpaired) electrons. The number of aliphatic hydroxyl groups excluding tert-OH is 1. The normalized spacial score (nSPS) is 28.9. The quantitative estimate of drug-likeness (QED) is 0.766. The molecule has 17 heavy (non-hydrogen) atoms. The predicted molar refractivity (Wildman–Crippen MR) is 69.1 cm³/mol. The predicted octanol–water partition coefficient (Wildman–Crippen LogP) is 1.29. The van der Waals surface area contributed by atoms with Crippen LogP contribution >= 0.6 is 0 Å². The zero-order valence-electron chi connectivity index (χ0n) is 10.1. The molecule has 0 saturated carbocycles. The minimum Gasteiger partial charge on any atom is -0.392 e. The minimum absolute atomic E-state index is 0.178. The van der Waals surface area contributed by atoms with Gasteiger partial charge in [0, 0.05) is 20.1 Å². The van der Waals surface area contributed by atoms with Gasteiger partial charge in [-0.3, -0.25) is 4.90 Å². The number of likely N-dealkylation sites (tertiary alicyclic amines) is 1. The molecule has 2 heterocycles. The molecule has 1 fully saturated rings. The van der Waals surface area contributed by atoms with E-state index in [1.807, 2.05) is 6.07 Å². The average Bonchev–Trinajstić information content (AvgIpc) is 2.68. The van der Waals surface area contributed by atoms with Gasteiger partial charge in [0.25, 0.3) is 0 Å². The third-order valence-corrected chi connectivity index (χ3v) is 3.71. The number of para-hydroxylation sites is 2. The first-order valence-electron chi connectivity index (χ1n) is 6.26. The number of nitrogens with zero attached hydrogens (tertiary/aromatic N) is 2. The van der Waals surface area contributed by atoms with E-state index in [1.54, 1.807) is 0 Å². The lowest BCUT2D eigenvalue weighted by Crippen LogP contribution is -2.53. The van der Waals surface area contributed by atoms with E-state index >= 15 is 0 Å². The van der Waals surface area contributed by atoms with Gasteiger partial charge in [0.15, 0.2) is 6.29 Å². The Bertz CT molecular complexity index is 409. The van der Waals surface area contributed by atoms with Crippen molar-refractivity contribution in [1.82, 2.24) is 4.90 Å². The zero-order chi connectivity index (χ0) is 11.8. The molecule has 0 spiro atoms. The van der Waals surface area contributed by atoms with Crippen LogP contribution in [0.3, 0.4) is 0 Å². The fourth-order valence-corrected chi connectivity index (χ4v) is 2.81. The van der Waals surface area contributed by atoms with Crippen LogP contribution in [0.1, 0.15) is 12.8 Å². The molecular weight excluding hydrogens is 214 g/mol. The molecule has 0 aliphatic carbocycles. The van der Waals surface area contributed by atoms with Crippen LogP contribution in [0.15, 0.2) is 24.3 Å². The lowest BCUT2D eigenvalue weighted by Gasteiger charge is -2.38. The van der Waals surface area contributed by atoms with Crippen molar-refractivity contribution >= 4 is 11.4 Å². The molecule has 0 bridgehead atoms. The van der Waals surface area contributed by atoms with E-state index in [2.05, 4.69) is 40.4 Å². The Morgan fingerprint density at radius 3 is 2.94 bits per heavy atom. The molecule has 92 valence electrons. The summed E-state index contributed by atoms with van der Waals surface area (Å²) >= 11 is 0. The molecule has 1 aromatic rings. The van der Waals surface area contributed by atoms with Crippen LogP contribution in [0.4, 0.5) is 11.4 Å². The lowest BCUT2D eigenvalue weighted by atomic mass is 10.1. The Hall–Kier alpha value is -1.26. The highest BCUT2D eigenvalue weighted by atomic mass is 16.3. The smallest absolute Gasteiger partial charge is 0.158 e. The van der Waals surface area contributed by atoms with Crippen molar-refractivity contribution in [1.29, 1.82) is 0 Å². The fraction of sp³-hybridized carbons (Fsp3) is 0.538. The van der Waals surface area contributed by atoms with E-state index in [0.717, 1.165) is 25.9 Å². The lowest BCUT2D eigenvalue weighted by molar-refractivity contribution is 0.0542. The van der Waals surface area contributed by atoms with Crippen molar-refractivity contribution in [2.45, 2.75) is 25.2 Å². The van der Waals surface area contributed by atoms with Crippen molar-refractivity contribution in [2.24, 2.45) is 0 Å². The Morgan fingerprint density at radius 2 is 2.18 bits per heavy atom.